The Bertz CT molecular complexity index is 496. The molecule has 1 heterocycles. The van der Waals surface area contributed by atoms with E-state index in [-0.39, 0.29) is 18.9 Å². The Labute approximate surface area is 107 Å². The van der Waals surface area contributed by atoms with Gasteiger partial charge in [0.2, 0.25) is 5.91 Å². The molecule has 0 aliphatic carbocycles. The van der Waals surface area contributed by atoms with Gasteiger partial charge in [-0.1, -0.05) is 34.1 Å². The Balaban J connectivity index is 1.96. The number of hydrogen-bond acceptors (Lipinski definition) is 3. The molecular weight excluding hydrogens is 286 g/mol. The van der Waals surface area contributed by atoms with Crippen LogP contribution in [0.5, 0.6) is 0 Å². The van der Waals surface area contributed by atoms with Gasteiger partial charge in [0.25, 0.3) is 0 Å². The SMILES string of the molecule is O=C(Cc1ccccc1Br)NC1=CC(=O)OC1. The first-order valence-corrected chi connectivity index (χ1v) is 5.85. The molecule has 17 heavy (non-hydrogen) atoms. The zero-order chi connectivity index (χ0) is 12.3. The summed E-state index contributed by atoms with van der Waals surface area (Å²) in [6.07, 6.45) is 1.55. The smallest absolute Gasteiger partial charge is 0.333 e. The van der Waals surface area contributed by atoms with Crippen LogP contribution < -0.4 is 5.32 Å². The van der Waals surface area contributed by atoms with Gasteiger partial charge in [-0.3, -0.25) is 4.79 Å². The number of carbonyl (C=O) groups is 2. The lowest BCUT2D eigenvalue weighted by molar-refractivity contribution is -0.135. The van der Waals surface area contributed by atoms with Crippen LogP contribution in [0.1, 0.15) is 5.56 Å². The number of hydrogen-bond donors (Lipinski definition) is 1. The van der Waals surface area contributed by atoms with Gasteiger partial charge < -0.3 is 10.1 Å². The third-order valence-electron chi connectivity index (χ3n) is 2.27. The highest BCUT2D eigenvalue weighted by Gasteiger charge is 2.15. The monoisotopic (exact) mass is 295 g/mol. The molecule has 0 fully saturated rings. The van der Waals surface area contributed by atoms with Crippen molar-refractivity contribution in [3.05, 3.63) is 46.1 Å². The summed E-state index contributed by atoms with van der Waals surface area (Å²) in [4.78, 5) is 22.5. The van der Waals surface area contributed by atoms with Gasteiger partial charge in [0.05, 0.1) is 12.1 Å². The molecule has 0 atom stereocenters. The van der Waals surface area contributed by atoms with E-state index < -0.39 is 5.97 Å². The van der Waals surface area contributed by atoms with Crippen molar-refractivity contribution in [1.82, 2.24) is 5.32 Å². The Morgan fingerprint density at radius 1 is 1.41 bits per heavy atom. The minimum Gasteiger partial charge on any atom is -0.456 e. The normalized spacial score (nSPS) is 14.2. The summed E-state index contributed by atoms with van der Waals surface area (Å²) in [6, 6.07) is 7.50. The van der Waals surface area contributed by atoms with Gasteiger partial charge in [-0.15, -0.1) is 0 Å². The second-order valence-electron chi connectivity index (χ2n) is 3.59. The molecule has 0 spiro atoms. The average molecular weight is 296 g/mol. The van der Waals surface area contributed by atoms with Crippen molar-refractivity contribution in [3.8, 4) is 0 Å². The molecule has 0 aromatic heterocycles. The van der Waals surface area contributed by atoms with Crippen LogP contribution in [0.3, 0.4) is 0 Å². The first-order valence-electron chi connectivity index (χ1n) is 5.06. The molecule has 0 radical (unpaired) electrons. The molecule has 2 rings (SSSR count). The fourth-order valence-corrected chi connectivity index (χ4v) is 1.91. The summed E-state index contributed by atoms with van der Waals surface area (Å²) in [7, 11) is 0. The van der Waals surface area contributed by atoms with Gasteiger partial charge in [-0.05, 0) is 11.6 Å². The van der Waals surface area contributed by atoms with Gasteiger partial charge in [-0.25, -0.2) is 4.79 Å². The van der Waals surface area contributed by atoms with Gasteiger partial charge in [0, 0.05) is 10.5 Å². The highest BCUT2D eigenvalue weighted by Crippen LogP contribution is 2.16. The van der Waals surface area contributed by atoms with E-state index in [4.69, 9.17) is 0 Å². The number of halogens is 1. The van der Waals surface area contributed by atoms with Crippen molar-refractivity contribution in [1.29, 1.82) is 0 Å². The fourth-order valence-electron chi connectivity index (χ4n) is 1.48. The Morgan fingerprint density at radius 2 is 2.18 bits per heavy atom. The number of esters is 1. The molecule has 0 saturated heterocycles. The van der Waals surface area contributed by atoms with Crippen LogP contribution in [0.2, 0.25) is 0 Å². The average Bonchev–Trinajstić information content (AvgIpc) is 2.67. The minimum absolute atomic E-state index is 0.139. The predicted octanol–water partition coefficient (Wildman–Crippen LogP) is 1.55. The highest BCUT2D eigenvalue weighted by molar-refractivity contribution is 9.10. The summed E-state index contributed by atoms with van der Waals surface area (Å²) < 4.78 is 5.58. The number of ether oxygens (including phenoxy) is 1. The lowest BCUT2D eigenvalue weighted by Gasteiger charge is -2.06. The van der Waals surface area contributed by atoms with Crippen LogP contribution in [-0.2, 0) is 20.7 Å². The van der Waals surface area contributed by atoms with Gasteiger partial charge >= 0.3 is 5.97 Å². The number of cyclic esters (lactones) is 1. The molecule has 1 aromatic rings. The van der Waals surface area contributed by atoms with Crippen LogP contribution in [-0.4, -0.2) is 18.5 Å². The first-order chi connectivity index (χ1) is 8.15. The van der Waals surface area contributed by atoms with Gasteiger partial charge in [0.15, 0.2) is 0 Å². The van der Waals surface area contributed by atoms with E-state index in [1.165, 1.54) is 6.08 Å². The van der Waals surface area contributed by atoms with E-state index in [1.54, 1.807) is 0 Å². The van der Waals surface area contributed by atoms with Crippen molar-refractivity contribution >= 4 is 27.8 Å². The third-order valence-corrected chi connectivity index (χ3v) is 3.04. The fraction of sp³-hybridized carbons (Fsp3) is 0.167. The van der Waals surface area contributed by atoms with Crippen LogP contribution in [0.25, 0.3) is 0 Å². The maximum Gasteiger partial charge on any atom is 0.333 e. The van der Waals surface area contributed by atoms with Crippen LogP contribution >= 0.6 is 15.9 Å². The zero-order valence-electron chi connectivity index (χ0n) is 8.90. The molecule has 1 aliphatic rings. The molecule has 5 heteroatoms. The van der Waals surface area contributed by atoms with Crippen molar-refractivity contribution in [2.75, 3.05) is 6.61 Å². The minimum atomic E-state index is -0.416. The molecule has 4 nitrogen and oxygen atoms in total. The number of carbonyl (C=O) groups excluding carboxylic acids is 2. The summed E-state index contributed by atoms with van der Waals surface area (Å²) in [5.41, 5.74) is 1.41. The first kappa shape index (κ1) is 11.9. The lowest BCUT2D eigenvalue weighted by atomic mass is 10.1. The van der Waals surface area contributed by atoms with E-state index in [0.29, 0.717) is 5.70 Å². The van der Waals surface area contributed by atoms with Gasteiger partial charge in [0.1, 0.15) is 6.61 Å². The van der Waals surface area contributed by atoms with Crippen molar-refractivity contribution < 1.29 is 14.3 Å². The molecular formula is C12H10BrNO3. The molecule has 0 bridgehead atoms. The molecule has 1 aromatic carbocycles. The standard InChI is InChI=1S/C12H10BrNO3/c13-10-4-2-1-3-8(10)5-11(15)14-9-6-12(16)17-7-9/h1-4,6H,5,7H2,(H,14,15). The van der Waals surface area contributed by atoms with Crippen molar-refractivity contribution in [3.63, 3.8) is 0 Å². The maximum atomic E-state index is 11.7. The maximum absolute atomic E-state index is 11.7. The molecule has 1 N–H and O–H groups in total. The van der Waals surface area contributed by atoms with Crippen molar-refractivity contribution in [2.45, 2.75) is 6.42 Å². The van der Waals surface area contributed by atoms with E-state index in [1.807, 2.05) is 24.3 Å². The second kappa shape index (κ2) is 5.14. The summed E-state index contributed by atoms with van der Waals surface area (Å²) in [6.45, 7) is 0.139. The molecule has 0 unspecified atom stereocenters. The number of benzene rings is 1. The molecule has 88 valence electrons. The third kappa shape index (κ3) is 3.17. The van der Waals surface area contributed by atoms with Crippen molar-refractivity contribution in [2.24, 2.45) is 0 Å². The number of nitrogens with one attached hydrogen (secondary N) is 1. The quantitative estimate of drug-likeness (QED) is 0.861. The van der Waals surface area contributed by atoms with E-state index in [9.17, 15) is 9.59 Å². The summed E-state index contributed by atoms with van der Waals surface area (Å²) >= 11 is 3.37. The zero-order valence-corrected chi connectivity index (χ0v) is 10.5. The Kier molecular flexibility index (Phi) is 3.58. The Morgan fingerprint density at radius 3 is 2.82 bits per heavy atom. The molecule has 1 aliphatic heterocycles. The lowest BCUT2D eigenvalue weighted by Crippen LogP contribution is -2.25. The summed E-state index contributed by atoms with van der Waals surface area (Å²) in [5.74, 6) is -0.581. The predicted molar refractivity (Wildman–Crippen MR) is 65.0 cm³/mol. The summed E-state index contributed by atoms with van der Waals surface area (Å²) in [5, 5.41) is 2.64. The second-order valence-corrected chi connectivity index (χ2v) is 4.45. The van der Waals surface area contributed by atoms with Crippen LogP contribution in [0, 0.1) is 0 Å². The van der Waals surface area contributed by atoms with Gasteiger partial charge in [-0.2, -0.15) is 0 Å². The van der Waals surface area contributed by atoms with Crippen LogP contribution in [0.4, 0.5) is 0 Å². The highest BCUT2D eigenvalue weighted by atomic mass is 79.9. The Hall–Kier alpha value is -1.62. The van der Waals surface area contributed by atoms with E-state index in [2.05, 4.69) is 26.0 Å². The topological polar surface area (TPSA) is 55.4 Å². The number of amides is 1. The van der Waals surface area contributed by atoms with E-state index >= 15 is 0 Å². The largest absolute Gasteiger partial charge is 0.456 e. The van der Waals surface area contributed by atoms with E-state index in [0.717, 1.165) is 10.0 Å². The number of rotatable bonds is 3. The molecule has 0 saturated carbocycles. The molecule has 1 amide bonds. The van der Waals surface area contributed by atoms with Crippen LogP contribution in [0.15, 0.2) is 40.5 Å².